The van der Waals surface area contributed by atoms with Gasteiger partial charge in [-0.25, -0.2) is 8.78 Å². The van der Waals surface area contributed by atoms with Gasteiger partial charge in [-0.1, -0.05) is 0 Å². The molecule has 100 valence electrons. The van der Waals surface area contributed by atoms with Crippen LogP contribution in [0, 0.1) is 0 Å². The molecule has 0 atom stereocenters. The zero-order valence-corrected chi connectivity index (χ0v) is 9.32. The topological polar surface area (TPSA) is 56.0 Å². The van der Waals surface area contributed by atoms with Crippen molar-refractivity contribution in [3.8, 4) is 0 Å². The van der Waals surface area contributed by atoms with Gasteiger partial charge in [0.1, 0.15) is 0 Å². The van der Waals surface area contributed by atoms with Crippen LogP contribution < -0.4 is 5.73 Å². The molecule has 2 N–H and O–H groups in total. The molecule has 0 unspecified atom stereocenters. The summed E-state index contributed by atoms with van der Waals surface area (Å²) >= 11 is 5.07. The first kappa shape index (κ1) is 14.8. The van der Waals surface area contributed by atoms with Gasteiger partial charge in [-0.15, -0.1) is 0 Å². The standard InChI is InChI=1S/C9H6ClF5N2O/c10-7(18)4-2-17-6(9(13,14)15)5(8(11)12)3(4)1-16/h2,8H,1,16H2. The number of hydrogen-bond donors (Lipinski definition) is 1. The van der Waals surface area contributed by atoms with Crippen LogP contribution in [-0.4, -0.2) is 10.2 Å². The number of pyridine rings is 1. The molecule has 0 aromatic carbocycles. The highest BCUT2D eigenvalue weighted by Crippen LogP contribution is 2.37. The predicted octanol–water partition coefficient (Wildman–Crippen LogP) is 2.88. The van der Waals surface area contributed by atoms with Crippen molar-refractivity contribution in [2.45, 2.75) is 19.1 Å². The highest BCUT2D eigenvalue weighted by Gasteiger charge is 2.39. The lowest BCUT2D eigenvalue weighted by Gasteiger charge is -2.16. The second-order valence-corrected chi connectivity index (χ2v) is 3.53. The minimum atomic E-state index is -5.07. The van der Waals surface area contributed by atoms with E-state index in [2.05, 4.69) is 4.98 Å². The highest BCUT2D eigenvalue weighted by molar-refractivity contribution is 6.67. The summed E-state index contributed by atoms with van der Waals surface area (Å²) in [7, 11) is 0. The van der Waals surface area contributed by atoms with Crippen molar-refractivity contribution in [3.63, 3.8) is 0 Å². The van der Waals surface area contributed by atoms with E-state index in [1.165, 1.54) is 0 Å². The maximum atomic E-state index is 12.7. The molecule has 0 aliphatic heterocycles. The Hall–Kier alpha value is -1.28. The van der Waals surface area contributed by atoms with Crippen LogP contribution in [0.5, 0.6) is 0 Å². The molecule has 0 saturated heterocycles. The molecule has 3 nitrogen and oxygen atoms in total. The van der Waals surface area contributed by atoms with Crippen LogP contribution in [0.3, 0.4) is 0 Å². The summed E-state index contributed by atoms with van der Waals surface area (Å²) in [6.07, 6.45) is -8.04. The summed E-state index contributed by atoms with van der Waals surface area (Å²) in [6.45, 7) is -0.681. The Balaban J connectivity index is 3.64. The fraction of sp³-hybridized carbons (Fsp3) is 0.333. The van der Waals surface area contributed by atoms with Crippen LogP contribution in [0.25, 0.3) is 0 Å². The largest absolute Gasteiger partial charge is 0.433 e. The number of aromatic nitrogens is 1. The quantitative estimate of drug-likeness (QED) is 0.687. The molecule has 18 heavy (non-hydrogen) atoms. The number of nitrogens with two attached hydrogens (primary N) is 1. The first-order valence-corrected chi connectivity index (χ1v) is 4.85. The Morgan fingerprint density at radius 1 is 1.44 bits per heavy atom. The van der Waals surface area contributed by atoms with E-state index in [9.17, 15) is 26.7 Å². The van der Waals surface area contributed by atoms with Crippen molar-refractivity contribution in [1.82, 2.24) is 4.98 Å². The number of nitrogens with zero attached hydrogens (tertiary/aromatic N) is 1. The Morgan fingerprint density at radius 2 is 2.00 bits per heavy atom. The lowest BCUT2D eigenvalue weighted by atomic mass is 10.0. The van der Waals surface area contributed by atoms with E-state index in [1.54, 1.807) is 0 Å². The van der Waals surface area contributed by atoms with Gasteiger partial charge in [0.25, 0.3) is 11.7 Å². The van der Waals surface area contributed by atoms with Crippen LogP contribution in [0.1, 0.15) is 33.6 Å². The van der Waals surface area contributed by atoms with Gasteiger partial charge in [0.05, 0.1) is 11.1 Å². The monoisotopic (exact) mass is 288 g/mol. The number of carbonyl (C=O) groups excluding carboxylic acids is 1. The SMILES string of the molecule is NCc1c(C(=O)Cl)cnc(C(F)(F)F)c1C(F)F. The first-order valence-electron chi connectivity index (χ1n) is 4.47. The van der Waals surface area contributed by atoms with E-state index < -0.39 is 46.8 Å². The van der Waals surface area contributed by atoms with Crippen molar-refractivity contribution >= 4 is 16.8 Å². The summed E-state index contributed by atoms with van der Waals surface area (Å²) in [5, 5.41) is -1.20. The Kier molecular flexibility index (Phi) is 4.23. The molecule has 0 aliphatic rings. The van der Waals surface area contributed by atoms with E-state index in [0.29, 0.717) is 6.20 Å². The van der Waals surface area contributed by atoms with Crippen molar-refractivity contribution in [2.75, 3.05) is 0 Å². The van der Waals surface area contributed by atoms with Gasteiger partial charge in [0.15, 0.2) is 5.69 Å². The predicted molar refractivity (Wildman–Crippen MR) is 52.3 cm³/mol. The molecular weight excluding hydrogens is 283 g/mol. The molecule has 0 radical (unpaired) electrons. The number of alkyl halides is 5. The van der Waals surface area contributed by atoms with Crippen molar-refractivity contribution in [1.29, 1.82) is 0 Å². The molecule has 0 saturated carbocycles. The minimum Gasteiger partial charge on any atom is -0.326 e. The molecule has 9 heteroatoms. The molecule has 0 fully saturated rings. The summed E-state index contributed by atoms with van der Waals surface area (Å²) in [5.74, 6) is 0. The molecule has 1 aromatic heterocycles. The normalized spacial score (nSPS) is 12.0. The lowest BCUT2D eigenvalue weighted by Crippen LogP contribution is -2.18. The Morgan fingerprint density at radius 3 is 2.33 bits per heavy atom. The van der Waals surface area contributed by atoms with Crippen molar-refractivity contribution in [2.24, 2.45) is 5.73 Å². The van der Waals surface area contributed by atoms with Crippen molar-refractivity contribution < 1.29 is 26.7 Å². The Labute approximate surface area is 103 Å². The molecule has 1 aromatic rings. The van der Waals surface area contributed by atoms with Gasteiger partial charge in [-0.05, 0) is 17.2 Å². The molecule has 0 aliphatic carbocycles. The van der Waals surface area contributed by atoms with Crippen LogP contribution in [0.15, 0.2) is 6.20 Å². The van der Waals surface area contributed by atoms with Gasteiger partial charge in [-0.2, -0.15) is 13.2 Å². The summed E-state index contributed by atoms with van der Waals surface area (Å²) in [5.41, 5.74) is 0.730. The maximum Gasteiger partial charge on any atom is 0.433 e. The lowest BCUT2D eigenvalue weighted by molar-refractivity contribution is -0.143. The third kappa shape index (κ3) is 2.75. The number of rotatable bonds is 3. The zero-order valence-electron chi connectivity index (χ0n) is 8.56. The van der Waals surface area contributed by atoms with Crippen molar-refractivity contribution in [3.05, 3.63) is 28.6 Å². The smallest absolute Gasteiger partial charge is 0.326 e. The van der Waals surface area contributed by atoms with E-state index in [0.717, 1.165) is 0 Å². The minimum absolute atomic E-state index is 0.492. The fourth-order valence-corrected chi connectivity index (χ4v) is 1.58. The van der Waals surface area contributed by atoms with E-state index in [4.69, 9.17) is 17.3 Å². The zero-order chi connectivity index (χ0) is 14.1. The average Bonchev–Trinajstić information content (AvgIpc) is 2.25. The van der Waals surface area contributed by atoms with Gasteiger partial charge >= 0.3 is 6.18 Å². The third-order valence-electron chi connectivity index (χ3n) is 2.13. The summed E-state index contributed by atoms with van der Waals surface area (Å²) in [4.78, 5) is 13.7. The molecule has 1 rings (SSSR count). The highest BCUT2D eigenvalue weighted by atomic mass is 35.5. The van der Waals surface area contributed by atoms with Crippen LogP contribution in [0.2, 0.25) is 0 Å². The van der Waals surface area contributed by atoms with Crippen LogP contribution >= 0.6 is 11.6 Å². The van der Waals surface area contributed by atoms with E-state index >= 15 is 0 Å². The van der Waals surface area contributed by atoms with Crippen LogP contribution in [-0.2, 0) is 12.7 Å². The molecular formula is C9H6ClF5N2O. The van der Waals surface area contributed by atoms with E-state index in [-0.39, 0.29) is 0 Å². The molecule has 0 bridgehead atoms. The van der Waals surface area contributed by atoms with Gasteiger partial charge in [0, 0.05) is 12.7 Å². The number of halogens is 6. The molecule has 0 amide bonds. The van der Waals surface area contributed by atoms with Gasteiger partial charge < -0.3 is 5.73 Å². The first-order chi connectivity index (χ1) is 8.20. The molecule has 1 heterocycles. The Bertz CT molecular complexity index is 475. The molecule has 0 spiro atoms. The third-order valence-corrected chi connectivity index (χ3v) is 2.33. The summed E-state index contributed by atoms with van der Waals surface area (Å²) in [6, 6.07) is 0. The van der Waals surface area contributed by atoms with Crippen LogP contribution in [0.4, 0.5) is 22.0 Å². The van der Waals surface area contributed by atoms with Gasteiger partial charge in [-0.3, -0.25) is 9.78 Å². The number of hydrogen-bond acceptors (Lipinski definition) is 3. The maximum absolute atomic E-state index is 12.7. The van der Waals surface area contributed by atoms with Gasteiger partial charge in [0.2, 0.25) is 0 Å². The van der Waals surface area contributed by atoms with E-state index in [1.807, 2.05) is 0 Å². The summed E-state index contributed by atoms with van der Waals surface area (Å²) < 4.78 is 62.9. The number of carbonyl (C=O) groups is 1. The second kappa shape index (κ2) is 5.15. The fourth-order valence-electron chi connectivity index (χ4n) is 1.41. The average molecular weight is 289 g/mol. The second-order valence-electron chi connectivity index (χ2n) is 3.19.